The van der Waals surface area contributed by atoms with E-state index in [0.29, 0.717) is 36.8 Å². The lowest BCUT2D eigenvalue weighted by molar-refractivity contribution is -0.146. The van der Waals surface area contributed by atoms with Gasteiger partial charge in [-0.05, 0) is 60.8 Å². The Kier molecular flexibility index (Phi) is 27.7. The van der Waals surface area contributed by atoms with Gasteiger partial charge in [-0.25, -0.2) is 9.59 Å². The summed E-state index contributed by atoms with van der Waals surface area (Å²) in [6.45, 7) is -1.52. The van der Waals surface area contributed by atoms with Crippen LogP contribution in [0.1, 0.15) is 60.8 Å². The zero-order valence-corrected chi connectivity index (χ0v) is 45.4. The van der Waals surface area contributed by atoms with Crippen molar-refractivity contribution < 1.29 is 62.5 Å². The number of rotatable bonds is 33. The molecule has 0 radical (unpaired) electrons. The third kappa shape index (κ3) is 24.6. The zero-order chi connectivity index (χ0) is 58.2. The number of nitrogens with zero attached hydrogens (tertiary/aromatic N) is 3. The molecule has 0 heterocycles. The van der Waals surface area contributed by atoms with Gasteiger partial charge in [0.05, 0.1) is 25.7 Å². The number of unbranched alkanes of at least 4 members (excludes halogenated alkanes) is 2. The Hall–Kier alpha value is -8.86. The molecule has 23 nitrogen and oxygen atoms in total. The van der Waals surface area contributed by atoms with Crippen LogP contribution in [0.4, 0.5) is 9.59 Å². The van der Waals surface area contributed by atoms with Crippen LogP contribution >= 0.6 is 0 Å². The van der Waals surface area contributed by atoms with Crippen LogP contribution in [-0.4, -0.2) is 164 Å². The number of alkyl carbamates (subject to hydrolysis) is 2. The number of hydrogen-bond donors (Lipinski definition) is 8. The molecule has 9 amide bonds. The zero-order valence-electron chi connectivity index (χ0n) is 45.4. The smallest absolute Gasteiger partial charge is 0.407 e. The fraction of sp³-hybridized carbons (Fsp3) is 0.404. The van der Waals surface area contributed by atoms with Crippen molar-refractivity contribution in [2.45, 2.75) is 88.7 Å². The van der Waals surface area contributed by atoms with E-state index < -0.39 is 110 Å². The standard InChI is InChI=1S/C57H74N10O13/c1-65(35-49(69)66(2)37-51(71)72)50(70)36-67(3)55(76)47(33-41-22-10-5-11-23-41)64-54(75)46(32-40-20-8-4-9-21-40)62-48(68)34-61-53(74)45(29-17-19-31-60-57(78)80-39-43-26-14-7-15-27-43)63-52(73)44(58)28-16-18-30-59-56(77)79-38-42-24-12-6-13-25-42/h4-15,20-27,44-47H,16-19,28-39,58H2,1-3H3,(H,59,77)(H,60,78)(H,61,74)(H,62,68)(H,63,73)(H,64,75)(H,71,72)/t44-,45-,46-,47-/m0/s1. The van der Waals surface area contributed by atoms with Gasteiger partial charge in [0, 0.05) is 47.1 Å². The van der Waals surface area contributed by atoms with Gasteiger partial charge in [-0.1, -0.05) is 121 Å². The summed E-state index contributed by atoms with van der Waals surface area (Å²) in [5.41, 5.74) is 9.21. The van der Waals surface area contributed by atoms with E-state index in [2.05, 4.69) is 31.9 Å². The molecule has 0 aromatic heterocycles. The minimum atomic E-state index is -1.30. The van der Waals surface area contributed by atoms with Gasteiger partial charge in [-0.2, -0.15) is 0 Å². The number of likely N-dealkylation sites (N-methyl/N-ethyl adjacent to an activating group) is 3. The molecule has 23 heteroatoms. The van der Waals surface area contributed by atoms with E-state index in [1.807, 2.05) is 60.7 Å². The summed E-state index contributed by atoms with van der Waals surface area (Å²) in [5, 5.41) is 25.0. The monoisotopic (exact) mass is 1110 g/mol. The normalized spacial score (nSPS) is 12.2. The quantitative estimate of drug-likeness (QED) is 0.0317. The summed E-state index contributed by atoms with van der Waals surface area (Å²) in [4.78, 5) is 134. The van der Waals surface area contributed by atoms with E-state index in [-0.39, 0.29) is 52.0 Å². The van der Waals surface area contributed by atoms with Crippen LogP contribution in [0.5, 0.6) is 0 Å². The number of carbonyl (C=O) groups is 10. The van der Waals surface area contributed by atoms with Crippen LogP contribution in [-0.2, 0) is 73.9 Å². The van der Waals surface area contributed by atoms with Crippen molar-refractivity contribution in [3.63, 3.8) is 0 Å². The lowest BCUT2D eigenvalue weighted by atomic mass is 10.0. The Morgan fingerprint density at radius 3 is 1.39 bits per heavy atom. The van der Waals surface area contributed by atoms with Crippen molar-refractivity contribution in [1.29, 1.82) is 0 Å². The van der Waals surface area contributed by atoms with Crippen LogP contribution in [0, 0.1) is 0 Å². The molecule has 4 aromatic rings. The molecule has 0 fully saturated rings. The van der Waals surface area contributed by atoms with Crippen molar-refractivity contribution in [3.8, 4) is 0 Å². The Morgan fingerprint density at radius 1 is 0.475 bits per heavy atom. The highest BCUT2D eigenvalue weighted by Gasteiger charge is 2.31. The number of carboxylic acid groups (broad SMARTS) is 1. The largest absolute Gasteiger partial charge is 0.480 e. The molecule has 0 aliphatic carbocycles. The van der Waals surface area contributed by atoms with E-state index in [1.54, 1.807) is 60.7 Å². The average Bonchev–Trinajstić information content (AvgIpc) is 3.45. The molecule has 0 bridgehead atoms. The molecule has 430 valence electrons. The van der Waals surface area contributed by atoms with Crippen molar-refractivity contribution in [3.05, 3.63) is 144 Å². The topological polar surface area (TPSA) is 317 Å². The summed E-state index contributed by atoms with van der Waals surface area (Å²) in [7, 11) is 3.96. The molecular formula is C57H74N10O13. The molecule has 0 saturated carbocycles. The number of nitrogens with one attached hydrogen (secondary N) is 6. The van der Waals surface area contributed by atoms with E-state index in [9.17, 15) is 47.9 Å². The maximum Gasteiger partial charge on any atom is 0.407 e. The molecule has 9 N–H and O–H groups in total. The molecule has 0 unspecified atom stereocenters. The first-order valence-electron chi connectivity index (χ1n) is 26.2. The lowest BCUT2D eigenvalue weighted by Gasteiger charge is -2.28. The van der Waals surface area contributed by atoms with Gasteiger partial charge < -0.3 is 66.9 Å². The maximum atomic E-state index is 14.3. The summed E-state index contributed by atoms with van der Waals surface area (Å²) in [6.07, 6.45) is 0.651. The number of carbonyl (C=O) groups excluding carboxylic acids is 9. The van der Waals surface area contributed by atoms with E-state index in [1.165, 1.54) is 21.1 Å². The molecule has 0 aliphatic heterocycles. The Balaban J connectivity index is 1.40. The van der Waals surface area contributed by atoms with Gasteiger partial charge in [0.2, 0.25) is 41.4 Å². The van der Waals surface area contributed by atoms with Gasteiger partial charge >= 0.3 is 18.2 Å². The number of benzene rings is 4. The summed E-state index contributed by atoms with van der Waals surface area (Å²) < 4.78 is 10.5. The number of ether oxygens (including phenoxy) is 2. The first-order chi connectivity index (χ1) is 38.4. The average molecular weight is 1110 g/mol. The molecule has 80 heavy (non-hydrogen) atoms. The number of nitrogens with two attached hydrogens (primary N) is 1. The molecule has 0 aliphatic rings. The lowest BCUT2D eigenvalue weighted by Crippen LogP contribution is -2.57. The SMILES string of the molecule is CN(CC(=O)O)C(=O)CN(C)C(=O)CN(C)C(=O)[C@H](Cc1ccccc1)NC(=O)[C@H](Cc1ccccc1)NC(=O)CNC(=O)[C@H](CCCCNC(=O)OCc1ccccc1)NC(=O)[C@@H](N)CCCCNC(=O)OCc1ccccc1. The third-order valence-electron chi connectivity index (χ3n) is 12.4. The highest BCUT2D eigenvalue weighted by Crippen LogP contribution is 2.11. The van der Waals surface area contributed by atoms with Gasteiger partial charge in [-0.15, -0.1) is 0 Å². The van der Waals surface area contributed by atoms with Crippen molar-refractivity contribution in [2.24, 2.45) is 5.73 Å². The minimum absolute atomic E-state index is 0.0191. The van der Waals surface area contributed by atoms with E-state index in [4.69, 9.17) is 20.3 Å². The minimum Gasteiger partial charge on any atom is -0.480 e. The van der Waals surface area contributed by atoms with Gasteiger partial charge in [-0.3, -0.25) is 38.4 Å². The van der Waals surface area contributed by atoms with Crippen LogP contribution in [0.3, 0.4) is 0 Å². The molecule has 0 spiro atoms. The number of carboxylic acids is 1. The predicted molar refractivity (Wildman–Crippen MR) is 295 cm³/mol. The van der Waals surface area contributed by atoms with Crippen molar-refractivity contribution >= 4 is 59.5 Å². The fourth-order valence-corrected chi connectivity index (χ4v) is 7.86. The van der Waals surface area contributed by atoms with Gasteiger partial charge in [0.1, 0.15) is 37.9 Å². The van der Waals surface area contributed by atoms with Crippen LogP contribution in [0.25, 0.3) is 0 Å². The number of hydrogen-bond acceptors (Lipinski definition) is 13. The number of aliphatic carboxylic acids is 1. The van der Waals surface area contributed by atoms with Crippen LogP contribution < -0.4 is 37.6 Å². The number of amides is 9. The van der Waals surface area contributed by atoms with Crippen molar-refractivity contribution in [2.75, 3.05) is 60.4 Å². The van der Waals surface area contributed by atoms with E-state index >= 15 is 0 Å². The molecule has 4 aromatic carbocycles. The van der Waals surface area contributed by atoms with Crippen LogP contribution in [0.2, 0.25) is 0 Å². The van der Waals surface area contributed by atoms with Gasteiger partial charge in [0.25, 0.3) is 0 Å². The first kappa shape index (κ1) is 63.7. The second-order valence-electron chi connectivity index (χ2n) is 19.0. The molecule has 0 saturated heterocycles. The second kappa shape index (κ2) is 34.8. The van der Waals surface area contributed by atoms with E-state index in [0.717, 1.165) is 25.8 Å². The van der Waals surface area contributed by atoms with Crippen molar-refractivity contribution in [1.82, 2.24) is 46.6 Å². The summed E-state index contributed by atoms with van der Waals surface area (Å²) >= 11 is 0. The Bertz CT molecular complexity index is 2630. The third-order valence-corrected chi connectivity index (χ3v) is 12.4. The molecular weight excluding hydrogens is 1030 g/mol. The van der Waals surface area contributed by atoms with Gasteiger partial charge in [0.15, 0.2) is 0 Å². The highest BCUT2D eigenvalue weighted by atomic mass is 16.6. The summed E-state index contributed by atoms with van der Waals surface area (Å²) in [6, 6.07) is 31.1. The maximum absolute atomic E-state index is 14.3. The second-order valence-corrected chi connectivity index (χ2v) is 19.0. The fourth-order valence-electron chi connectivity index (χ4n) is 7.86. The first-order valence-corrected chi connectivity index (χ1v) is 26.2. The molecule has 4 atom stereocenters. The Morgan fingerprint density at radius 2 is 0.900 bits per heavy atom. The molecule has 4 rings (SSSR count). The Labute approximate surface area is 465 Å². The van der Waals surface area contributed by atoms with Crippen LogP contribution in [0.15, 0.2) is 121 Å². The highest BCUT2D eigenvalue weighted by molar-refractivity contribution is 5.96. The summed E-state index contributed by atoms with van der Waals surface area (Å²) in [5.74, 6) is -6.10. The predicted octanol–water partition coefficient (Wildman–Crippen LogP) is 2.02.